The van der Waals surface area contributed by atoms with Gasteiger partial charge in [0.15, 0.2) is 0 Å². The molecule has 0 aromatic carbocycles. The Kier molecular flexibility index (Phi) is 6.61. The number of nitrogens with one attached hydrogen (secondary N) is 1. The van der Waals surface area contributed by atoms with Crippen LogP contribution in [0.15, 0.2) is 4.99 Å². The molecule has 1 unspecified atom stereocenters. The first-order valence-corrected chi connectivity index (χ1v) is 5.97. The van der Waals surface area contributed by atoms with Gasteiger partial charge in [0.2, 0.25) is 0 Å². The van der Waals surface area contributed by atoms with Gasteiger partial charge in [-0.25, -0.2) is 4.79 Å². The van der Waals surface area contributed by atoms with Crippen LogP contribution < -0.4 is 11.1 Å². The van der Waals surface area contributed by atoms with E-state index in [2.05, 4.69) is 10.3 Å². The molecule has 0 rings (SSSR count). The summed E-state index contributed by atoms with van der Waals surface area (Å²) in [6, 6.07) is 0.0816. The summed E-state index contributed by atoms with van der Waals surface area (Å²) in [6.07, 6.45) is 1.38. The van der Waals surface area contributed by atoms with E-state index in [4.69, 9.17) is 10.5 Å². The zero-order chi connectivity index (χ0) is 13.5. The molecule has 0 aliphatic carbocycles. The van der Waals surface area contributed by atoms with Crippen LogP contribution in [0.4, 0.5) is 4.79 Å². The van der Waals surface area contributed by atoms with Crippen LogP contribution in [0, 0.1) is 0 Å². The van der Waals surface area contributed by atoms with Crippen LogP contribution in [-0.2, 0) is 4.74 Å². The molecule has 0 bridgehead atoms. The third-order valence-electron chi connectivity index (χ3n) is 1.92. The summed E-state index contributed by atoms with van der Waals surface area (Å²) in [6.45, 7) is 9.94. The maximum Gasteiger partial charge on any atom is 0.407 e. The molecule has 17 heavy (non-hydrogen) atoms. The van der Waals surface area contributed by atoms with E-state index in [-0.39, 0.29) is 12.1 Å². The number of carbonyl (C=O) groups is 1. The molecule has 1 amide bonds. The second kappa shape index (κ2) is 7.14. The molecule has 0 spiro atoms. The highest BCUT2D eigenvalue weighted by atomic mass is 16.6. The Morgan fingerprint density at radius 3 is 2.53 bits per heavy atom. The van der Waals surface area contributed by atoms with Gasteiger partial charge in [0, 0.05) is 12.6 Å². The fraction of sp³-hybridized carbons (Fsp3) is 0.833. The lowest BCUT2D eigenvalue weighted by Gasteiger charge is -2.21. The number of hydrogen-bond acceptors (Lipinski definition) is 3. The van der Waals surface area contributed by atoms with Crippen LogP contribution in [-0.4, -0.2) is 30.1 Å². The van der Waals surface area contributed by atoms with Gasteiger partial charge in [-0.2, -0.15) is 0 Å². The number of nitrogens with two attached hydrogens (primary N) is 1. The van der Waals surface area contributed by atoms with E-state index in [0.717, 1.165) is 12.8 Å². The number of aliphatic imine (C=N–C) groups is 1. The fourth-order valence-electron chi connectivity index (χ4n) is 1.23. The standard InChI is InChI=1S/C12H25N3O2/c1-9(7-6-8-14-10(2)13)15-11(16)17-12(3,4)5/h9H,6-8H2,1-5H3,(H2,13,14)(H,15,16). The topological polar surface area (TPSA) is 76.7 Å². The third-order valence-corrected chi connectivity index (χ3v) is 1.92. The molecule has 100 valence electrons. The van der Waals surface area contributed by atoms with E-state index in [1.54, 1.807) is 6.92 Å². The smallest absolute Gasteiger partial charge is 0.407 e. The molecule has 5 heteroatoms. The largest absolute Gasteiger partial charge is 0.444 e. The predicted molar refractivity (Wildman–Crippen MR) is 70.2 cm³/mol. The SMILES string of the molecule is CC(N)=NCCCC(C)NC(=O)OC(C)(C)C. The summed E-state index contributed by atoms with van der Waals surface area (Å²) in [5, 5.41) is 2.78. The molecule has 0 fully saturated rings. The number of carbonyl (C=O) groups excluding carboxylic acids is 1. The van der Waals surface area contributed by atoms with Crippen molar-refractivity contribution in [2.24, 2.45) is 10.7 Å². The molecule has 0 saturated heterocycles. The monoisotopic (exact) mass is 243 g/mol. The van der Waals surface area contributed by atoms with Crippen molar-refractivity contribution < 1.29 is 9.53 Å². The average Bonchev–Trinajstić information content (AvgIpc) is 2.08. The molecule has 0 heterocycles. The van der Waals surface area contributed by atoms with Crippen LogP contribution >= 0.6 is 0 Å². The lowest BCUT2D eigenvalue weighted by atomic mass is 10.2. The van der Waals surface area contributed by atoms with Crippen molar-refractivity contribution in [1.29, 1.82) is 0 Å². The Hall–Kier alpha value is -1.26. The van der Waals surface area contributed by atoms with Crippen molar-refractivity contribution in [3.63, 3.8) is 0 Å². The zero-order valence-electron chi connectivity index (χ0n) is 11.5. The highest BCUT2D eigenvalue weighted by Gasteiger charge is 2.17. The van der Waals surface area contributed by atoms with E-state index in [1.165, 1.54) is 0 Å². The first kappa shape index (κ1) is 15.7. The highest BCUT2D eigenvalue weighted by molar-refractivity contribution is 5.77. The summed E-state index contributed by atoms with van der Waals surface area (Å²) in [5.41, 5.74) is 4.97. The molecule has 0 aliphatic heterocycles. The van der Waals surface area contributed by atoms with Gasteiger partial charge in [0.05, 0.1) is 5.84 Å². The average molecular weight is 243 g/mol. The van der Waals surface area contributed by atoms with E-state index < -0.39 is 5.60 Å². The molecule has 5 nitrogen and oxygen atoms in total. The quantitative estimate of drug-likeness (QED) is 0.441. The molecule has 1 atom stereocenters. The van der Waals surface area contributed by atoms with Crippen molar-refractivity contribution in [3.05, 3.63) is 0 Å². The minimum absolute atomic E-state index is 0.0816. The van der Waals surface area contributed by atoms with Gasteiger partial charge < -0.3 is 15.8 Å². The first-order valence-electron chi connectivity index (χ1n) is 5.97. The summed E-state index contributed by atoms with van der Waals surface area (Å²) >= 11 is 0. The minimum atomic E-state index is -0.454. The van der Waals surface area contributed by atoms with Gasteiger partial charge in [-0.3, -0.25) is 4.99 Å². The summed E-state index contributed by atoms with van der Waals surface area (Å²) in [5.74, 6) is 0.595. The second-order valence-corrected chi connectivity index (χ2v) is 5.21. The van der Waals surface area contributed by atoms with Crippen LogP contribution in [0.1, 0.15) is 47.5 Å². The first-order chi connectivity index (χ1) is 7.70. The second-order valence-electron chi connectivity index (χ2n) is 5.21. The van der Waals surface area contributed by atoms with Crippen molar-refractivity contribution in [2.45, 2.75) is 59.1 Å². The lowest BCUT2D eigenvalue weighted by Crippen LogP contribution is -2.37. The van der Waals surface area contributed by atoms with Crippen molar-refractivity contribution in [3.8, 4) is 0 Å². The lowest BCUT2D eigenvalue weighted by molar-refractivity contribution is 0.0506. The number of hydrogen-bond donors (Lipinski definition) is 2. The van der Waals surface area contributed by atoms with Crippen LogP contribution in [0.3, 0.4) is 0 Å². The number of rotatable bonds is 5. The molecular weight excluding hydrogens is 218 g/mol. The number of nitrogens with zero attached hydrogens (tertiary/aromatic N) is 1. The highest BCUT2D eigenvalue weighted by Crippen LogP contribution is 2.07. The minimum Gasteiger partial charge on any atom is -0.444 e. The van der Waals surface area contributed by atoms with Crippen molar-refractivity contribution in [2.75, 3.05) is 6.54 Å². The third kappa shape index (κ3) is 11.0. The van der Waals surface area contributed by atoms with Gasteiger partial charge in [-0.05, 0) is 47.5 Å². The van der Waals surface area contributed by atoms with Crippen LogP contribution in [0.2, 0.25) is 0 Å². The maximum absolute atomic E-state index is 11.4. The number of alkyl carbamates (subject to hydrolysis) is 1. The Morgan fingerprint density at radius 1 is 1.47 bits per heavy atom. The number of amidine groups is 1. The van der Waals surface area contributed by atoms with Crippen LogP contribution in [0.25, 0.3) is 0 Å². The van der Waals surface area contributed by atoms with Crippen molar-refractivity contribution in [1.82, 2.24) is 5.32 Å². The van der Waals surface area contributed by atoms with E-state index in [1.807, 2.05) is 27.7 Å². The molecular formula is C12H25N3O2. The normalized spacial score (nSPS) is 14.3. The van der Waals surface area contributed by atoms with Gasteiger partial charge in [0.1, 0.15) is 5.60 Å². The number of ether oxygens (including phenoxy) is 1. The Bertz CT molecular complexity index is 265. The molecule has 0 saturated carbocycles. The summed E-state index contributed by atoms with van der Waals surface area (Å²) in [4.78, 5) is 15.5. The van der Waals surface area contributed by atoms with Gasteiger partial charge in [-0.15, -0.1) is 0 Å². The van der Waals surface area contributed by atoms with Crippen molar-refractivity contribution >= 4 is 11.9 Å². The van der Waals surface area contributed by atoms with E-state index >= 15 is 0 Å². The number of amides is 1. The van der Waals surface area contributed by atoms with E-state index in [9.17, 15) is 4.79 Å². The Balaban J connectivity index is 3.75. The maximum atomic E-state index is 11.4. The Morgan fingerprint density at radius 2 is 2.06 bits per heavy atom. The Labute approximate surface area is 104 Å². The van der Waals surface area contributed by atoms with E-state index in [0.29, 0.717) is 12.4 Å². The predicted octanol–water partition coefficient (Wildman–Crippen LogP) is 2.06. The zero-order valence-corrected chi connectivity index (χ0v) is 11.5. The van der Waals surface area contributed by atoms with Gasteiger partial charge in [0.25, 0.3) is 0 Å². The molecule has 3 N–H and O–H groups in total. The molecule has 0 aromatic rings. The summed E-state index contributed by atoms with van der Waals surface area (Å²) in [7, 11) is 0. The van der Waals surface area contributed by atoms with Gasteiger partial charge in [-0.1, -0.05) is 0 Å². The van der Waals surface area contributed by atoms with Crippen LogP contribution in [0.5, 0.6) is 0 Å². The molecule has 0 aromatic heterocycles. The van der Waals surface area contributed by atoms with Gasteiger partial charge >= 0.3 is 6.09 Å². The molecule has 0 aliphatic rings. The fourth-order valence-corrected chi connectivity index (χ4v) is 1.23. The summed E-state index contributed by atoms with van der Waals surface area (Å²) < 4.78 is 5.16. The molecule has 0 radical (unpaired) electrons.